The molecule has 0 aromatic heterocycles. The molecule has 0 atom stereocenters. The lowest BCUT2D eigenvalue weighted by Crippen LogP contribution is -2.36. The SMILES string of the molecule is CC(=O)CC(=O)OCC(C)(C)COC(=O)C(C)(C)COC(=O)CC(C)=O. The first-order chi connectivity index (χ1) is 11.7. The number of carbonyl (C=O) groups is 5. The zero-order chi connectivity index (χ0) is 20.5. The molecule has 0 unspecified atom stereocenters. The van der Waals surface area contributed by atoms with Crippen LogP contribution < -0.4 is 0 Å². The fourth-order valence-electron chi connectivity index (χ4n) is 1.60. The Morgan fingerprint density at radius 2 is 1.04 bits per heavy atom. The second kappa shape index (κ2) is 10.0. The van der Waals surface area contributed by atoms with Crippen LogP contribution in [-0.2, 0) is 38.2 Å². The van der Waals surface area contributed by atoms with Gasteiger partial charge in [-0.2, -0.15) is 0 Å². The standard InChI is InChI=1S/C18H28O8/c1-12(19)7-14(21)24-9-17(3,4)10-26-16(23)18(5,6)11-25-15(22)8-13(2)20/h7-11H2,1-6H3. The van der Waals surface area contributed by atoms with E-state index in [9.17, 15) is 24.0 Å². The Balaban J connectivity index is 4.42. The highest BCUT2D eigenvalue weighted by Gasteiger charge is 2.33. The molecule has 148 valence electrons. The van der Waals surface area contributed by atoms with Crippen LogP contribution in [0.5, 0.6) is 0 Å². The van der Waals surface area contributed by atoms with Crippen LogP contribution in [0.1, 0.15) is 54.4 Å². The Morgan fingerprint density at radius 3 is 1.46 bits per heavy atom. The van der Waals surface area contributed by atoms with Crippen LogP contribution >= 0.6 is 0 Å². The van der Waals surface area contributed by atoms with E-state index in [4.69, 9.17) is 14.2 Å². The van der Waals surface area contributed by atoms with Gasteiger partial charge >= 0.3 is 17.9 Å². The smallest absolute Gasteiger partial charge is 0.315 e. The lowest BCUT2D eigenvalue weighted by molar-refractivity contribution is -0.165. The average molecular weight is 372 g/mol. The van der Waals surface area contributed by atoms with Crippen molar-refractivity contribution in [2.45, 2.75) is 54.4 Å². The van der Waals surface area contributed by atoms with E-state index in [-0.39, 0.29) is 44.2 Å². The van der Waals surface area contributed by atoms with Gasteiger partial charge in [-0.15, -0.1) is 0 Å². The van der Waals surface area contributed by atoms with Crippen molar-refractivity contribution in [3.8, 4) is 0 Å². The maximum Gasteiger partial charge on any atom is 0.315 e. The van der Waals surface area contributed by atoms with Crippen molar-refractivity contribution in [2.24, 2.45) is 10.8 Å². The minimum Gasteiger partial charge on any atom is -0.465 e. The van der Waals surface area contributed by atoms with E-state index in [1.807, 2.05) is 0 Å². The summed E-state index contributed by atoms with van der Waals surface area (Å²) in [5.41, 5.74) is -1.74. The minimum atomic E-state index is -1.09. The van der Waals surface area contributed by atoms with Gasteiger partial charge in [0.25, 0.3) is 0 Å². The molecule has 0 heterocycles. The molecule has 0 radical (unpaired) electrons. The largest absolute Gasteiger partial charge is 0.465 e. The lowest BCUT2D eigenvalue weighted by atomic mass is 9.93. The van der Waals surface area contributed by atoms with Crippen molar-refractivity contribution in [3.63, 3.8) is 0 Å². The first-order valence-corrected chi connectivity index (χ1v) is 8.22. The van der Waals surface area contributed by atoms with Crippen molar-refractivity contribution >= 4 is 29.5 Å². The summed E-state index contributed by atoms with van der Waals surface area (Å²) in [6, 6.07) is 0. The number of Topliss-reactive ketones (excluding diaryl/α,β-unsaturated/α-hetero) is 2. The summed E-state index contributed by atoms with van der Waals surface area (Å²) in [5.74, 6) is -2.53. The van der Waals surface area contributed by atoms with Crippen LogP contribution in [0.2, 0.25) is 0 Å². The highest BCUT2D eigenvalue weighted by atomic mass is 16.6. The molecule has 8 heteroatoms. The van der Waals surface area contributed by atoms with Gasteiger partial charge in [-0.1, -0.05) is 13.8 Å². The molecule has 0 aromatic rings. The van der Waals surface area contributed by atoms with Crippen LogP contribution in [-0.4, -0.2) is 49.3 Å². The van der Waals surface area contributed by atoms with Gasteiger partial charge in [0.05, 0.1) is 18.6 Å². The maximum atomic E-state index is 12.2. The summed E-state index contributed by atoms with van der Waals surface area (Å²) in [6.45, 7) is 8.89. The minimum absolute atomic E-state index is 0.0135. The molecule has 0 amide bonds. The van der Waals surface area contributed by atoms with E-state index in [1.165, 1.54) is 13.8 Å². The Morgan fingerprint density at radius 1 is 0.654 bits per heavy atom. The first kappa shape index (κ1) is 23.8. The van der Waals surface area contributed by atoms with Gasteiger partial charge in [0, 0.05) is 5.41 Å². The van der Waals surface area contributed by atoms with Crippen molar-refractivity contribution in [3.05, 3.63) is 0 Å². The van der Waals surface area contributed by atoms with Gasteiger partial charge in [-0.25, -0.2) is 0 Å². The zero-order valence-corrected chi connectivity index (χ0v) is 16.3. The van der Waals surface area contributed by atoms with Crippen LogP contribution in [0, 0.1) is 10.8 Å². The molecular formula is C18H28O8. The van der Waals surface area contributed by atoms with Gasteiger partial charge in [0.15, 0.2) is 0 Å². The fourth-order valence-corrected chi connectivity index (χ4v) is 1.60. The van der Waals surface area contributed by atoms with E-state index in [0.717, 1.165) is 0 Å². The Kier molecular flexibility index (Phi) is 9.17. The third kappa shape index (κ3) is 10.6. The topological polar surface area (TPSA) is 113 Å². The molecule has 8 nitrogen and oxygen atoms in total. The molecule has 0 N–H and O–H groups in total. The molecule has 0 saturated carbocycles. The fraction of sp³-hybridized carbons (Fsp3) is 0.722. The van der Waals surface area contributed by atoms with Gasteiger partial charge in [0.2, 0.25) is 0 Å². The Bertz CT molecular complexity index is 560. The maximum absolute atomic E-state index is 12.2. The first-order valence-electron chi connectivity index (χ1n) is 8.22. The molecule has 0 saturated heterocycles. The molecular weight excluding hydrogens is 344 g/mol. The number of ketones is 2. The van der Waals surface area contributed by atoms with Crippen LogP contribution in [0.15, 0.2) is 0 Å². The molecule has 0 rings (SSSR count). The number of hydrogen-bond donors (Lipinski definition) is 0. The van der Waals surface area contributed by atoms with Crippen LogP contribution in [0.4, 0.5) is 0 Å². The van der Waals surface area contributed by atoms with Gasteiger partial charge in [0.1, 0.15) is 31.0 Å². The number of esters is 3. The van der Waals surface area contributed by atoms with E-state index in [1.54, 1.807) is 27.7 Å². The molecule has 0 aliphatic carbocycles. The Hall–Kier alpha value is -2.25. The van der Waals surface area contributed by atoms with Crippen molar-refractivity contribution in [1.82, 2.24) is 0 Å². The summed E-state index contributed by atoms with van der Waals surface area (Å²) < 4.78 is 15.2. The average Bonchev–Trinajstić information content (AvgIpc) is 2.47. The highest BCUT2D eigenvalue weighted by Crippen LogP contribution is 2.22. The predicted molar refractivity (Wildman–Crippen MR) is 91.0 cm³/mol. The zero-order valence-electron chi connectivity index (χ0n) is 16.3. The van der Waals surface area contributed by atoms with E-state index in [2.05, 4.69) is 0 Å². The van der Waals surface area contributed by atoms with E-state index < -0.39 is 28.7 Å². The van der Waals surface area contributed by atoms with Gasteiger partial charge < -0.3 is 14.2 Å². The summed E-state index contributed by atoms with van der Waals surface area (Å²) in [7, 11) is 0. The second-order valence-corrected chi connectivity index (χ2v) is 7.70. The second-order valence-electron chi connectivity index (χ2n) is 7.70. The third-order valence-corrected chi connectivity index (χ3v) is 3.15. The predicted octanol–water partition coefficient (Wildman–Crippen LogP) is 1.63. The van der Waals surface area contributed by atoms with Gasteiger partial charge in [-0.05, 0) is 27.7 Å². The summed E-state index contributed by atoms with van der Waals surface area (Å²) in [5, 5.41) is 0. The number of rotatable bonds is 11. The Labute approximate surface area is 153 Å². The van der Waals surface area contributed by atoms with Crippen molar-refractivity contribution in [1.29, 1.82) is 0 Å². The normalized spacial score (nSPS) is 11.5. The third-order valence-electron chi connectivity index (χ3n) is 3.15. The van der Waals surface area contributed by atoms with Crippen molar-refractivity contribution < 1.29 is 38.2 Å². The lowest BCUT2D eigenvalue weighted by Gasteiger charge is -2.27. The molecule has 0 aliphatic rings. The highest BCUT2D eigenvalue weighted by molar-refractivity contribution is 5.94. The molecule has 0 aliphatic heterocycles. The molecule has 26 heavy (non-hydrogen) atoms. The molecule has 0 bridgehead atoms. The number of ether oxygens (including phenoxy) is 3. The number of hydrogen-bond acceptors (Lipinski definition) is 8. The molecule has 0 fully saturated rings. The summed E-state index contributed by atoms with van der Waals surface area (Å²) in [4.78, 5) is 56.7. The van der Waals surface area contributed by atoms with Gasteiger partial charge in [-0.3, -0.25) is 24.0 Å². The van der Waals surface area contributed by atoms with Crippen LogP contribution in [0.3, 0.4) is 0 Å². The number of carbonyl (C=O) groups excluding carboxylic acids is 5. The molecule has 0 spiro atoms. The summed E-state index contributed by atoms with van der Waals surface area (Å²) in [6.07, 6.45) is -0.641. The van der Waals surface area contributed by atoms with E-state index >= 15 is 0 Å². The van der Waals surface area contributed by atoms with Crippen LogP contribution in [0.25, 0.3) is 0 Å². The summed E-state index contributed by atoms with van der Waals surface area (Å²) >= 11 is 0. The quantitative estimate of drug-likeness (QED) is 0.305. The van der Waals surface area contributed by atoms with E-state index in [0.29, 0.717) is 0 Å². The monoisotopic (exact) mass is 372 g/mol. The molecule has 0 aromatic carbocycles. The van der Waals surface area contributed by atoms with Crippen molar-refractivity contribution in [2.75, 3.05) is 19.8 Å².